The first-order valence-electron chi connectivity index (χ1n) is 9.16. The third-order valence-corrected chi connectivity index (χ3v) is 6.18. The van der Waals surface area contributed by atoms with Crippen LogP contribution in [0, 0.1) is 0 Å². The highest BCUT2D eigenvalue weighted by Crippen LogP contribution is 2.28. The van der Waals surface area contributed by atoms with Gasteiger partial charge in [-0.05, 0) is 36.8 Å². The number of aromatic nitrogens is 1. The number of anilines is 1. The lowest BCUT2D eigenvalue weighted by Crippen LogP contribution is -2.46. The van der Waals surface area contributed by atoms with Gasteiger partial charge in [0, 0.05) is 16.6 Å². The van der Waals surface area contributed by atoms with Gasteiger partial charge in [0.25, 0.3) is 5.91 Å². The molecule has 1 heterocycles. The van der Waals surface area contributed by atoms with Crippen molar-refractivity contribution in [3.8, 4) is 0 Å². The minimum absolute atomic E-state index is 0.217. The zero-order valence-electron chi connectivity index (χ0n) is 16.7. The largest absolute Gasteiger partial charge is 0.465 e. The monoisotopic (exact) mass is 448 g/mol. The van der Waals surface area contributed by atoms with E-state index in [2.05, 4.69) is 0 Å². The fourth-order valence-corrected chi connectivity index (χ4v) is 4.76. The Kier molecular flexibility index (Phi) is 6.19. The molecule has 0 spiro atoms. The fourth-order valence-electron chi connectivity index (χ4n) is 3.43. The lowest BCUT2D eigenvalue weighted by atomic mass is 10.1. The van der Waals surface area contributed by atoms with Gasteiger partial charge in [0.2, 0.25) is 10.0 Å². The Morgan fingerprint density at radius 2 is 1.77 bits per heavy atom. The number of esters is 1. The van der Waals surface area contributed by atoms with Gasteiger partial charge in [-0.15, -0.1) is 0 Å². The number of halogens is 1. The minimum Gasteiger partial charge on any atom is -0.465 e. The maximum atomic E-state index is 13.5. The Labute approximate surface area is 179 Å². The summed E-state index contributed by atoms with van der Waals surface area (Å²) in [4.78, 5) is 25.7. The first-order chi connectivity index (χ1) is 14.2. The van der Waals surface area contributed by atoms with Crippen LogP contribution in [-0.2, 0) is 14.8 Å². The second-order valence-electron chi connectivity index (χ2n) is 6.72. The lowest BCUT2D eigenvalue weighted by Gasteiger charge is -2.30. The van der Waals surface area contributed by atoms with Crippen LogP contribution in [-0.4, -0.2) is 44.3 Å². The molecule has 9 heteroatoms. The predicted octanol–water partition coefficient (Wildman–Crippen LogP) is 3.97. The summed E-state index contributed by atoms with van der Waals surface area (Å²) in [6.07, 6.45) is 2.66. The molecule has 0 saturated carbocycles. The molecular formula is C21H21ClN2O5S. The Bertz CT molecular complexity index is 1200. The highest BCUT2D eigenvalue weighted by atomic mass is 35.5. The van der Waals surface area contributed by atoms with Gasteiger partial charge in [-0.2, -0.15) is 0 Å². The van der Waals surface area contributed by atoms with E-state index in [0.29, 0.717) is 21.6 Å². The van der Waals surface area contributed by atoms with Crippen molar-refractivity contribution in [2.45, 2.75) is 19.4 Å². The Morgan fingerprint density at radius 3 is 2.33 bits per heavy atom. The summed E-state index contributed by atoms with van der Waals surface area (Å²) in [5.41, 5.74) is 1.05. The number of methoxy groups -OCH3 is 1. The standard InChI is InChI=1S/C21H21ClN2O5S/c1-4-18(24(30(3,27)28)15-11-9-14(22)10-12-15)20(25)23-13-17(21(26)29-2)16-7-5-6-8-19(16)23/h5-13,18H,4H2,1-3H3/t18-/m1/s1. The summed E-state index contributed by atoms with van der Waals surface area (Å²) in [5, 5.41) is 0.996. The molecule has 0 amide bonds. The average Bonchev–Trinajstić information content (AvgIpc) is 3.10. The maximum absolute atomic E-state index is 13.5. The van der Waals surface area contributed by atoms with Gasteiger partial charge in [0.1, 0.15) is 6.04 Å². The first-order valence-corrected chi connectivity index (χ1v) is 11.4. The van der Waals surface area contributed by atoms with Crippen molar-refractivity contribution in [1.82, 2.24) is 4.57 Å². The molecule has 3 aromatic rings. The molecule has 1 atom stereocenters. The third-order valence-electron chi connectivity index (χ3n) is 4.75. The van der Waals surface area contributed by atoms with Crippen molar-refractivity contribution < 1.29 is 22.7 Å². The van der Waals surface area contributed by atoms with Crippen LogP contribution in [0.25, 0.3) is 10.9 Å². The van der Waals surface area contributed by atoms with E-state index in [4.69, 9.17) is 16.3 Å². The molecule has 30 heavy (non-hydrogen) atoms. The maximum Gasteiger partial charge on any atom is 0.340 e. The molecule has 0 unspecified atom stereocenters. The van der Waals surface area contributed by atoms with Gasteiger partial charge in [-0.25, -0.2) is 13.2 Å². The van der Waals surface area contributed by atoms with E-state index in [0.717, 1.165) is 10.6 Å². The highest BCUT2D eigenvalue weighted by molar-refractivity contribution is 7.92. The van der Waals surface area contributed by atoms with Crippen LogP contribution in [0.2, 0.25) is 5.02 Å². The number of carbonyl (C=O) groups is 2. The Balaban J connectivity index is 2.16. The van der Waals surface area contributed by atoms with Crippen LogP contribution < -0.4 is 4.31 Å². The summed E-state index contributed by atoms with van der Waals surface area (Å²) in [7, 11) is -2.54. The van der Waals surface area contributed by atoms with E-state index in [1.54, 1.807) is 55.5 Å². The molecule has 7 nitrogen and oxygen atoms in total. The van der Waals surface area contributed by atoms with Crippen LogP contribution in [0.4, 0.5) is 5.69 Å². The van der Waals surface area contributed by atoms with Crippen molar-refractivity contribution in [3.05, 3.63) is 65.3 Å². The molecular weight excluding hydrogens is 428 g/mol. The molecule has 0 saturated heterocycles. The number of hydrogen-bond acceptors (Lipinski definition) is 5. The van der Waals surface area contributed by atoms with Crippen molar-refractivity contribution >= 4 is 50.1 Å². The summed E-state index contributed by atoms with van der Waals surface area (Å²) < 4.78 is 32.5. The van der Waals surface area contributed by atoms with Crippen LogP contribution in [0.5, 0.6) is 0 Å². The summed E-state index contributed by atoms with van der Waals surface area (Å²) in [6, 6.07) is 12.1. The van der Waals surface area contributed by atoms with E-state index in [1.165, 1.54) is 17.9 Å². The Morgan fingerprint density at radius 1 is 1.13 bits per heavy atom. The smallest absolute Gasteiger partial charge is 0.340 e. The summed E-state index contributed by atoms with van der Waals surface area (Å²) >= 11 is 5.93. The second kappa shape index (κ2) is 8.49. The topological polar surface area (TPSA) is 85.7 Å². The molecule has 0 aliphatic heterocycles. The number of para-hydroxylation sites is 1. The highest BCUT2D eigenvalue weighted by Gasteiger charge is 2.33. The molecule has 0 radical (unpaired) electrons. The van der Waals surface area contributed by atoms with Crippen molar-refractivity contribution in [1.29, 1.82) is 0 Å². The molecule has 0 bridgehead atoms. The molecule has 1 aromatic heterocycles. The van der Waals surface area contributed by atoms with Crippen LogP contribution in [0.3, 0.4) is 0 Å². The van der Waals surface area contributed by atoms with Gasteiger partial charge in [-0.3, -0.25) is 13.7 Å². The molecule has 0 aliphatic carbocycles. The molecule has 158 valence electrons. The fraction of sp³-hybridized carbons (Fsp3) is 0.238. The van der Waals surface area contributed by atoms with Crippen LogP contribution >= 0.6 is 11.6 Å². The van der Waals surface area contributed by atoms with Gasteiger partial charge >= 0.3 is 5.97 Å². The quantitative estimate of drug-likeness (QED) is 0.532. The molecule has 0 fully saturated rings. The summed E-state index contributed by atoms with van der Waals surface area (Å²) in [5.74, 6) is -1.06. The minimum atomic E-state index is -3.80. The van der Waals surface area contributed by atoms with E-state index in [-0.39, 0.29) is 12.0 Å². The number of rotatable bonds is 6. The zero-order valence-corrected chi connectivity index (χ0v) is 18.3. The molecule has 0 aliphatic rings. The summed E-state index contributed by atoms with van der Waals surface area (Å²) in [6.45, 7) is 1.73. The van der Waals surface area contributed by atoms with Gasteiger partial charge < -0.3 is 4.74 Å². The molecule has 3 rings (SSSR count). The number of ether oxygens (including phenoxy) is 1. The van der Waals surface area contributed by atoms with Crippen molar-refractivity contribution in [2.24, 2.45) is 0 Å². The average molecular weight is 449 g/mol. The van der Waals surface area contributed by atoms with Crippen molar-refractivity contribution in [3.63, 3.8) is 0 Å². The lowest BCUT2D eigenvalue weighted by molar-refractivity contribution is 0.0603. The number of sulfonamides is 1. The van der Waals surface area contributed by atoms with Crippen LogP contribution in [0.15, 0.2) is 54.7 Å². The Hall–Kier alpha value is -2.84. The SMILES string of the molecule is CC[C@H](C(=O)n1cc(C(=O)OC)c2ccccc21)N(c1ccc(Cl)cc1)S(C)(=O)=O. The number of benzene rings is 2. The van der Waals surface area contributed by atoms with Crippen molar-refractivity contribution in [2.75, 3.05) is 17.7 Å². The molecule has 2 aromatic carbocycles. The first kappa shape index (κ1) is 21.9. The third kappa shape index (κ3) is 4.06. The van der Waals surface area contributed by atoms with Gasteiger partial charge in [0.05, 0.1) is 30.1 Å². The predicted molar refractivity (Wildman–Crippen MR) is 117 cm³/mol. The number of nitrogens with zero attached hydrogens (tertiary/aromatic N) is 2. The van der Waals surface area contributed by atoms with E-state index < -0.39 is 27.9 Å². The van der Waals surface area contributed by atoms with E-state index in [1.807, 2.05) is 0 Å². The second-order valence-corrected chi connectivity index (χ2v) is 9.01. The van der Waals surface area contributed by atoms with E-state index >= 15 is 0 Å². The number of hydrogen-bond donors (Lipinski definition) is 0. The van der Waals surface area contributed by atoms with Gasteiger partial charge in [0.15, 0.2) is 0 Å². The zero-order chi connectivity index (χ0) is 22.1. The van der Waals surface area contributed by atoms with Crippen LogP contribution in [0.1, 0.15) is 28.5 Å². The number of carbonyl (C=O) groups excluding carboxylic acids is 2. The normalized spacial score (nSPS) is 12.5. The van der Waals surface area contributed by atoms with Gasteiger partial charge in [-0.1, -0.05) is 36.7 Å². The van der Waals surface area contributed by atoms with E-state index in [9.17, 15) is 18.0 Å². The molecule has 0 N–H and O–H groups in total. The number of fused-ring (bicyclic) bond motifs is 1.